The molecular weight excluding hydrogens is 395 g/mol. The van der Waals surface area contributed by atoms with Crippen molar-refractivity contribution in [1.29, 1.82) is 0 Å². The highest BCUT2D eigenvalue weighted by Crippen LogP contribution is 2.35. The van der Waals surface area contributed by atoms with Crippen molar-refractivity contribution in [3.8, 4) is 22.3 Å². The summed E-state index contributed by atoms with van der Waals surface area (Å²) in [7, 11) is 0. The van der Waals surface area contributed by atoms with Crippen LogP contribution in [0.15, 0.2) is 48.8 Å². The van der Waals surface area contributed by atoms with E-state index in [-0.39, 0.29) is 11.5 Å². The number of rotatable bonds is 4. The number of carbonyl (C=O) groups is 1. The molecular formula is C24H25FN4O2. The van der Waals surface area contributed by atoms with Gasteiger partial charge in [0.15, 0.2) is 0 Å². The normalized spacial score (nSPS) is 14.6. The molecule has 1 fully saturated rings. The highest BCUT2D eigenvalue weighted by Gasteiger charge is 2.25. The Hall–Kier alpha value is -3.32. The van der Waals surface area contributed by atoms with Gasteiger partial charge < -0.3 is 15.7 Å². The van der Waals surface area contributed by atoms with Crippen molar-refractivity contribution >= 4 is 11.7 Å². The number of aliphatic hydroxyl groups excluding tert-OH is 1. The van der Waals surface area contributed by atoms with Crippen LogP contribution in [0.4, 0.5) is 10.2 Å². The first-order valence-electron chi connectivity index (χ1n) is 10.4. The quantitative estimate of drug-likeness (QED) is 0.672. The number of likely N-dealkylation sites (tertiary alicyclic amines) is 1. The molecule has 3 N–H and O–H groups in total. The molecule has 3 heterocycles. The number of aryl methyl sites for hydroxylation is 1. The maximum Gasteiger partial charge on any atom is 0.256 e. The molecule has 0 unspecified atom stereocenters. The van der Waals surface area contributed by atoms with Crippen LogP contribution < -0.4 is 5.73 Å². The number of aliphatic hydroxyl groups is 1. The van der Waals surface area contributed by atoms with E-state index in [1.807, 2.05) is 19.1 Å². The number of benzene rings is 1. The van der Waals surface area contributed by atoms with Gasteiger partial charge in [0.05, 0.1) is 11.7 Å². The average molecular weight is 420 g/mol. The summed E-state index contributed by atoms with van der Waals surface area (Å²) < 4.78 is 15.0. The molecule has 0 bridgehead atoms. The first kappa shape index (κ1) is 20.9. The molecule has 0 radical (unpaired) electrons. The fourth-order valence-electron chi connectivity index (χ4n) is 3.98. The van der Waals surface area contributed by atoms with Crippen LogP contribution in [0.3, 0.4) is 0 Å². The van der Waals surface area contributed by atoms with Gasteiger partial charge in [-0.2, -0.15) is 0 Å². The second-order valence-corrected chi connectivity index (χ2v) is 7.72. The fraction of sp³-hybridized carbons (Fsp3) is 0.292. The van der Waals surface area contributed by atoms with Crippen molar-refractivity contribution in [2.45, 2.75) is 32.3 Å². The van der Waals surface area contributed by atoms with Gasteiger partial charge in [-0.1, -0.05) is 13.0 Å². The molecule has 3 aromatic rings. The summed E-state index contributed by atoms with van der Waals surface area (Å²) in [5, 5.41) is 9.65. The summed E-state index contributed by atoms with van der Waals surface area (Å²) in [6.45, 7) is 2.87. The van der Waals surface area contributed by atoms with Gasteiger partial charge in [0.2, 0.25) is 0 Å². The van der Waals surface area contributed by atoms with Gasteiger partial charge >= 0.3 is 0 Å². The predicted molar refractivity (Wildman–Crippen MR) is 118 cm³/mol. The van der Waals surface area contributed by atoms with Gasteiger partial charge in [-0.15, -0.1) is 0 Å². The first-order chi connectivity index (χ1) is 15.0. The number of hydrogen-bond acceptors (Lipinski definition) is 5. The van der Waals surface area contributed by atoms with Crippen molar-refractivity contribution in [3.05, 3.63) is 65.9 Å². The summed E-state index contributed by atoms with van der Waals surface area (Å²) in [6, 6.07) is 10.1. The van der Waals surface area contributed by atoms with Crippen molar-refractivity contribution in [2.24, 2.45) is 0 Å². The molecule has 1 saturated heterocycles. The number of nitrogens with two attached hydrogens (primary N) is 1. The van der Waals surface area contributed by atoms with E-state index < -0.39 is 11.9 Å². The Morgan fingerprint density at radius 1 is 1.16 bits per heavy atom. The minimum atomic E-state index is -0.565. The second kappa shape index (κ2) is 8.81. The molecule has 6 nitrogen and oxygen atoms in total. The van der Waals surface area contributed by atoms with Gasteiger partial charge in [-0.25, -0.2) is 9.37 Å². The van der Waals surface area contributed by atoms with Crippen LogP contribution in [0.2, 0.25) is 0 Å². The Morgan fingerprint density at radius 3 is 2.55 bits per heavy atom. The third-order valence-electron chi connectivity index (χ3n) is 5.70. The van der Waals surface area contributed by atoms with Crippen molar-refractivity contribution in [3.63, 3.8) is 0 Å². The van der Waals surface area contributed by atoms with E-state index >= 15 is 4.39 Å². The van der Waals surface area contributed by atoms with Crippen molar-refractivity contribution < 1.29 is 14.3 Å². The number of aromatic nitrogens is 2. The Balaban J connectivity index is 1.71. The fourth-order valence-corrected chi connectivity index (χ4v) is 3.98. The molecule has 0 spiro atoms. The Morgan fingerprint density at radius 2 is 1.90 bits per heavy atom. The van der Waals surface area contributed by atoms with E-state index in [0.717, 1.165) is 22.4 Å². The third-order valence-corrected chi connectivity index (χ3v) is 5.70. The summed E-state index contributed by atoms with van der Waals surface area (Å²) in [4.78, 5) is 23.0. The number of nitrogens with zero attached hydrogens (tertiary/aromatic N) is 3. The highest BCUT2D eigenvalue weighted by atomic mass is 19.1. The lowest BCUT2D eigenvalue weighted by molar-refractivity contribution is 0.0543. The number of anilines is 1. The number of nitrogen functional groups attached to an aromatic ring is 1. The van der Waals surface area contributed by atoms with E-state index in [1.165, 1.54) is 12.1 Å². The summed E-state index contributed by atoms with van der Waals surface area (Å²) >= 11 is 0. The maximum absolute atomic E-state index is 15.0. The van der Waals surface area contributed by atoms with Crippen LogP contribution in [0.5, 0.6) is 0 Å². The van der Waals surface area contributed by atoms with Gasteiger partial charge in [0.25, 0.3) is 5.91 Å². The molecule has 160 valence electrons. The zero-order valence-corrected chi connectivity index (χ0v) is 17.4. The molecule has 0 saturated carbocycles. The zero-order chi connectivity index (χ0) is 22.0. The Labute approximate surface area is 180 Å². The van der Waals surface area contributed by atoms with Crippen LogP contribution in [0, 0.1) is 5.82 Å². The summed E-state index contributed by atoms with van der Waals surface area (Å²) in [6.07, 6.45) is 4.74. The van der Waals surface area contributed by atoms with E-state index in [0.29, 0.717) is 43.7 Å². The molecule has 1 amide bonds. The lowest BCUT2D eigenvalue weighted by atomic mass is 9.93. The van der Waals surface area contributed by atoms with Gasteiger partial charge in [0.1, 0.15) is 11.6 Å². The van der Waals surface area contributed by atoms with Crippen molar-refractivity contribution in [1.82, 2.24) is 14.9 Å². The van der Waals surface area contributed by atoms with Crippen LogP contribution in [-0.4, -0.2) is 45.1 Å². The molecule has 7 heteroatoms. The largest absolute Gasteiger partial charge is 0.393 e. The number of pyridine rings is 2. The SMILES string of the molecule is CCc1nccc(-c2ccc(C(=O)N3CCC(O)CC3)c(F)c2)c1-c1ccc(N)nc1. The molecule has 1 aromatic carbocycles. The van der Waals surface area contributed by atoms with Gasteiger partial charge in [-0.05, 0) is 60.7 Å². The van der Waals surface area contributed by atoms with Crippen molar-refractivity contribution in [2.75, 3.05) is 18.8 Å². The minimum absolute atomic E-state index is 0.0422. The summed E-state index contributed by atoms with van der Waals surface area (Å²) in [5.41, 5.74) is 9.85. The lowest BCUT2D eigenvalue weighted by Crippen LogP contribution is -2.40. The van der Waals surface area contributed by atoms with E-state index in [9.17, 15) is 9.90 Å². The third kappa shape index (κ3) is 4.27. The van der Waals surface area contributed by atoms with E-state index in [4.69, 9.17) is 5.73 Å². The number of piperidine rings is 1. The molecule has 0 atom stereocenters. The Bertz CT molecular complexity index is 1090. The molecule has 1 aliphatic heterocycles. The molecule has 2 aromatic heterocycles. The van der Waals surface area contributed by atoms with E-state index in [1.54, 1.807) is 29.4 Å². The number of halogens is 1. The second-order valence-electron chi connectivity index (χ2n) is 7.72. The number of amides is 1. The smallest absolute Gasteiger partial charge is 0.256 e. The topological polar surface area (TPSA) is 92.3 Å². The molecule has 0 aliphatic carbocycles. The highest BCUT2D eigenvalue weighted by molar-refractivity contribution is 5.95. The average Bonchev–Trinajstić information content (AvgIpc) is 2.79. The first-order valence-corrected chi connectivity index (χ1v) is 10.4. The Kier molecular flexibility index (Phi) is 5.95. The molecule has 1 aliphatic rings. The number of carbonyl (C=O) groups excluding carboxylic acids is 1. The zero-order valence-electron chi connectivity index (χ0n) is 17.4. The minimum Gasteiger partial charge on any atom is -0.393 e. The molecule has 31 heavy (non-hydrogen) atoms. The van der Waals surface area contributed by atoms with E-state index in [2.05, 4.69) is 9.97 Å². The van der Waals surface area contributed by atoms with Gasteiger partial charge in [0, 0.05) is 42.3 Å². The monoisotopic (exact) mass is 420 g/mol. The van der Waals surface area contributed by atoms with Crippen LogP contribution in [-0.2, 0) is 6.42 Å². The van der Waals surface area contributed by atoms with Gasteiger partial charge in [-0.3, -0.25) is 9.78 Å². The maximum atomic E-state index is 15.0. The number of hydrogen-bond donors (Lipinski definition) is 2. The predicted octanol–water partition coefficient (Wildman–Crippen LogP) is 3.69. The van der Waals surface area contributed by atoms with Crippen LogP contribution >= 0.6 is 0 Å². The van der Waals surface area contributed by atoms with Crippen LogP contribution in [0.25, 0.3) is 22.3 Å². The summed E-state index contributed by atoms with van der Waals surface area (Å²) in [5.74, 6) is -0.487. The standard InChI is InChI=1S/C24H25FN4O2/c1-2-21-23(16-4-6-22(26)28-14-16)18(7-10-27-21)15-3-5-19(20(25)13-15)24(31)29-11-8-17(30)9-12-29/h3-7,10,13-14,17,30H,2,8-9,11-12H2,1H3,(H2,26,28). The van der Waals surface area contributed by atoms with Crippen LogP contribution in [0.1, 0.15) is 35.8 Å². The lowest BCUT2D eigenvalue weighted by Gasteiger charge is -2.29. The molecule has 4 rings (SSSR count).